The molecular formula is C17H16ClN3O3S. The highest BCUT2D eigenvalue weighted by Gasteiger charge is 2.16. The van der Waals surface area contributed by atoms with Crippen molar-refractivity contribution in [3.63, 3.8) is 0 Å². The maximum absolute atomic E-state index is 12.3. The van der Waals surface area contributed by atoms with Crippen LogP contribution < -0.4 is 10.6 Å². The Labute approximate surface area is 155 Å². The summed E-state index contributed by atoms with van der Waals surface area (Å²) >= 11 is 11.1. The lowest BCUT2D eigenvalue weighted by Gasteiger charge is -2.13. The number of carbonyl (C=O) groups excluding carboxylic acids is 1. The summed E-state index contributed by atoms with van der Waals surface area (Å²) in [6.07, 6.45) is 0. The van der Waals surface area contributed by atoms with Gasteiger partial charge in [0.15, 0.2) is 5.11 Å². The zero-order valence-corrected chi connectivity index (χ0v) is 15.4. The van der Waals surface area contributed by atoms with Gasteiger partial charge in [-0.15, -0.1) is 0 Å². The molecule has 0 unspecified atom stereocenters. The molecule has 0 aromatic heterocycles. The number of hydrogen-bond donors (Lipinski definition) is 2. The number of carbonyl (C=O) groups is 1. The highest BCUT2D eigenvalue weighted by atomic mass is 35.5. The minimum Gasteiger partial charge on any atom is -0.332 e. The highest BCUT2D eigenvalue weighted by molar-refractivity contribution is 7.80. The van der Waals surface area contributed by atoms with Crippen molar-refractivity contribution in [1.82, 2.24) is 5.32 Å². The largest absolute Gasteiger partial charge is 0.332 e. The van der Waals surface area contributed by atoms with Crippen LogP contribution in [-0.2, 0) is 0 Å². The maximum atomic E-state index is 12.3. The monoisotopic (exact) mass is 377 g/mol. The minimum absolute atomic E-state index is 0.0124. The molecule has 2 rings (SSSR count). The molecule has 0 fully saturated rings. The topological polar surface area (TPSA) is 84.3 Å². The van der Waals surface area contributed by atoms with E-state index in [9.17, 15) is 14.9 Å². The number of nitrogens with zero attached hydrogens (tertiary/aromatic N) is 1. The van der Waals surface area contributed by atoms with Gasteiger partial charge in [0, 0.05) is 17.3 Å². The van der Waals surface area contributed by atoms with E-state index in [1.54, 1.807) is 13.0 Å². The maximum Gasteiger partial charge on any atom is 0.288 e. The van der Waals surface area contributed by atoms with Crippen LogP contribution in [0.4, 0.5) is 11.4 Å². The molecule has 0 saturated heterocycles. The number of thiocarbonyl (C=S) groups is 1. The van der Waals surface area contributed by atoms with Crippen molar-refractivity contribution in [2.45, 2.75) is 20.8 Å². The van der Waals surface area contributed by atoms with Gasteiger partial charge in [0.2, 0.25) is 0 Å². The first-order valence-electron chi connectivity index (χ1n) is 7.33. The number of amides is 1. The lowest BCUT2D eigenvalue weighted by atomic mass is 10.1. The van der Waals surface area contributed by atoms with Gasteiger partial charge in [0.25, 0.3) is 11.6 Å². The van der Waals surface area contributed by atoms with E-state index in [4.69, 9.17) is 23.8 Å². The van der Waals surface area contributed by atoms with Gasteiger partial charge in [-0.2, -0.15) is 0 Å². The third kappa shape index (κ3) is 4.52. The summed E-state index contributed by atoms with van der Waals surface area (Å²) in [5, 5.41) is 16.4. The van der Waals surface area contributed by atoms with E-state index in [1.807, 2.05) is 26.0 Å². The second-order valence-electron chi connectivity index (χ2n) is 5.60. The summed E-state index contributed by atoms with van der Waals surface area (Å²) < 4.78 is 0. The molecule has 2 aromatic carbocycles. The first-order chi connectivity index (χ1) is 11.7. The van der Waals surface area contributed by atoms with Crippen molar-refractivity contribution in [2.24, 2.45) is 0 Å². The second-order valence-corrected chi connectivity index (χ2v) is 6.42. The number of anilines is 1. The smallest absolute Gasteiger partial charge is 0.288 e. The van der Waals surface area contributed by atoms with E-state index >= 15 is 0 Å². The quantitative estimate of drug-likeness (QED) is 0.473. The average molecular weight is 378 g/mol. The van der Waals surface area contributed by atoms with Crippen molar-refractivity contribution in [2.75, 3.05) is 5.32 Å². The van der Waals surface area contributed by atoms with Crippen LogP contribution in [0.15, 0.2) is 30.3 Å². The molecule has 0 heterocycles. The molecule has 0 spiro atoms. The van der Waals surface area contributed by atoms with Crippen LogP contribution in [0.3, 0.4) is 0 Å². The van der Waals surface area contributed by atoms with Crippen LogP contribution >= 0.6 is 23.8 Å². The number of hydrogen-bond acceptors (Lipinski definition) is 4. The molecule has 0 aliphatic rings. The van der Waals surface area contributed by atoms with Gasteiger partial charge in [-0.25, -0.2) is 0 Å². The number of nitro groups is 1. The zero-order valence-electron chi connectivity index (χ0n) is 13.8. The van der Waals surface area contributed by atoms with Gasteiger partial charge >= 0.3 is 0 Å². The van der Waals surface area contributed by atoms with Crippen molar-refractivity contribution in [3.8, 4) is 0 Å². The molecule has 6 nitrogen and oxygen atoms in total. The molecule has 0 aliphatic carbocycles. The molecule has 0 radical (unpaired) electrons. The van der Waals surface area contributed by atoms with E-state index < -0.39 is 4.92 Å². The summed E-state index contributed by atoms with van der Waals surface area (Å²) in [5.74, 6) is -0.333. The summed E-state index contributed by atoms with van der Waals surface area (Å²) in [7, 11) is 0. The van der Waals surface area contributed by atoms with E-state index in [0.29, 0.717) is 16.8 Å². The van der Waals surface area contributed by atoms with Gasteiger partial charge in [-0.1, -0.05) is 29.3 Å². The van der Waals surface area contributed by atoms with Gasteiger partial charge in [-0.3, -0.25) is 20.2 Å². The lowest BCUT2D eigenvalue weighted by Crippen LogP contribution is -2.34. The molecule has 0 saturated carbocycles. The summed E-state index contributed by atoms with van der Waals surface area (Å²) in [6, 6.07) is 8.24. The predicted molar refractivity (Wildman–Crippen MR) is 102 cm³/mol. The Morgan fingerprint density at radius 1 is 1.16 bits per heavy atom. The standard InChI is InChI=1S/C17H16ClN3O3S/c1-9-4-5-12(10(2)6-9)16(22)20-17(25)19-14-8-13(18)15(21(23)24)7-11(14)3/h4-8H,1-3H3,(H2,19,20,22,25). The molecule has 1 amide bonds. The number of rotatable bonds is 3. The Morgan fingerprint density at radius 2 is 1.84 bits per heavy atom. The van der Waals surface area contributed by atoms with Crippen molar-refractivity contribution in [3.05, 3.63) is 67.7 Å². The molecule has 0 atom stereocenters. The second kappa shape index (κ2) is 7.58. The molecule has 2 aromatic rings. The van der Waals surface area contributed by atoms with E-state index in [1.165, 1.54) is 12.1 Å². The Morgan fingerprint density at radius 3 is 2.44 bits per heavy atom. The first kappa shape index (κ1) is 18.8. The fraction of sp³-hybridized carbons (Fsp3) is 0.176. The number of nitrogens with one attached hydrogen (secondary N) is 2. The SMILES string of the molecule is Cc1ccc(C(=O)NC(=S)Nc2cc(Cl)c([N+](=O)[O-])cc2C)c(C)c1. The molecule has 8 heteroatoms. The predicted octanol–water partition coefficient (Wildman–Crippen LogP) is 4.30. The zero-order chi connectivity index (χ0) is 18.7. The number of benzene rings is 2. The summed E-state index contributed by atoms with van der Waals surface area (Å²) in [6.45, 7) is 5.47. The average Bonchev–Trinajstić information content (AvgIpc) is 2.49. The van der Waals surface area contributed by atoms with E-state index in [2.05, 4.69) is 10.6 Å². The van der Waals surface area contributed by atoms with Crippen LogP contribution in [-0.4, -0.2) is 15.9 Å². The number of aryl methyl sites for hydroxylation is 3. The molecular weight excluding hydrogens is 362 g/mol. The van der Waals surface area contributed by atoms with Gasteiger partial charge < -0.3 is 5.32 Å². The van der Waals surface area contributed by atoms with E-state index in [0.717, 1.165) is 11.1 Å². The van der Waals surface area contributed by atoms with Crippen LogP contribution in [0.2, 0.25) is 5.02 Å². The number of halogens is 1. The fourth-order valence-electron chi connectivity index (χ4n) is 2.33. The first-order valence-corrected chi connectivity index (χ1v) is 8.11. The minimum atomic E-state index is -0.556. The normalized spacial score (nSPS) is 10.2. The summed E-state index contributed by atoms with van der Waals surface area (Å²) in [4.78, 5) is 22.6. The van der Waals surface area contributed by atoms with Crippen LogP contribution in [0.1, 0.15) is 27.0 Å². The van der Waals surface area contributed by atoms with Crippen molar-refractivity contribution >= 4 is 46.2 Å². The van der Waals surface area contributed by atoms with Crippen LogP contribution in [0, 0.1) is 30.9 Å². The van der Waals surface area contributed by atoms with Crippen LogP contribution in [0.25, 0.3) is 0 Å². The Balaban J connectivity index is 2.13. The van der Waals surface area contributed by atoms with Crippen molar-refractivity contribution < 1.29 is 9.72 Å². The molecule has 25 heavy (non-hydrogen) atoms. The molecule has 0 bridgehead atoms. The molecule has 0 aliphatic heterocycles. The third-order valence-electron chi connectivity index (χ3n) is 3.59. The van der Waals surface area contributed by atoms with E-state index in [-0.39, 0.29) is 21.7 Å². The van der Waals surface area contributed by atoms with Gasteiger partial charge in [-0.05, 0) is 56.2 Å². The summed E-state index contributed by atoms with van der Waals surface area (Å²) in [5.41, 5.74) is 3.31. The van der Waals surface area contributed by atoms with Crippen molar-refractivity contribution in [1.29, 1.82) is 0 Å². The number of nitro benzene ring substituents is 1. The van der Waals surface area contributed by atoms with Gasteiger partial charge in [0.1, 0.15) is 5.02 Å². The van der Waals surface area contributed by atoms with Gasteiger partial charge in [0.05, 0.1) is 4.92 Å². The highest BCUT2D eigenvalue weighted by Crippen LogP contribution is 2.30. The molecule has 2 N–H and O–H groups in total. The lowest BCUT2D eigenvalue weighted by molar-refractivity contribution is -0.384. The fourth-order valence-corrected chi connectivity index (χ4v) is 2.77. The third-order valence-corrected chi connectivity index (χ3v) is 4.10. The molecule has 130 valence electrons. The Kier molecular flexibility index (Phi) is 5.71. The Bertz CT molecular complexity index is 884. The van der Waals surface area contributed by atoms with Crippen LogP contribution in [0.5, 0.6) is 0 Å². The Hall–Kier alpha value is -2.51.